The normalized spacial score (nSPS) is 18.6. The molecule has 2 amide bonds. The molecule has 0 bridgehead atoms. The summed E-state index contributed by atoms with van der Waals surface area (Å²) in [7, 11) is 0. The van der Waals surface area contributed by atoms with Gasteiger partial charge in [0.25, 0.3) is 0 Å². The maximum Gasteiger partial charge on any atom is 0.245 e. The van der Waals surface area contributed by atoms with Crippen LogP contribution in [0.3, 0.4) is 0 Å². The van der Waals surface area contributed by atoms with Crippen LogP contribution in [-0.2, 0) is 9.59 Å². The SMILES string of the molecule is CCN[C@H](C)CNC(=O)C1(NC(C)=O)CCCCC1.Cl. The van der Waals surface area contributed by atoms with Crippen molar-refractivity contribution in [2.24, 2.45) is 0 Å². The summed E-state index contributed by atoms with van der Waals surface area (Å²) in [6.45, 7) is 7.03. The van der Waals surface area contributed by atoms with Crippen molar-refractivity contribution in [2.75, 3.05) is 13.1 Å². The second-order valence-corrected chi connectivity index (χ2v) is 5.49. The molecule has 20 heavy (non-hydrogen) atoms. The molecule has 118 valence electrons. The third-order valence-electron chi connectivity index (χ3n) is 3.68. The van der Waals surface area contributed by atoms with Gasteiger partial charge in [0.05, 0.1) is 0 Å². The second kappa shape index (κ2) is 9.19. The standard InChI is InChI=1S/C14H27N3O2.ClH/c1-4-15-11(2)10-16-13(19)14(17-12(3)18)8-6-5-7-9-14;/h11,15H,4-10H2,1-3H3,(H,16,19)(H,17,18);1H/t11-;/m1./s1. The van der Waals surface area contributed by atoms with Gasteiger partial charge >= 0.3 is 0 Å². The van der Waals surface area contributed by atoms with Gasteiger partial charge in [-0.05, 0) is 26.3 Å². The lowest BCUT2D eigenvalue weighted by molar-refractivity contribution is -0.134. The summed E-state index contributed by atoms with van der Waals surface area (Å²) in [4.78, 5) is 23.8. The predicted molar refractivity (Wildman–Crippen MR) is 83.0 cm³/mol. The molecule has 0 heterocycles. The van der Waals surface area contributed by atoms with E-state index in [2.05, 4.69) is 16.0 Å². The molecule has 1 atom stereocenters. The molecule has 1 aliphatic carbocycles. The molecule has 0 aromatic carbocycles. The van der Waals surface area contributed by atoms with E-state index in [1.807, 2.05) is 13.8 Å². The Labute approximate surface area is 128 Å². The number of likely N-dealkylation sites (N-methyl/N-ethyl adjacent to an activating group) is 1. The predicted octanol–water partition coefficient (Wildman–Crippen LogP) is 1.36. The lowest BCUT2D eigenvalue weighted by atomic mass is 9.80. The van der Waals surface area contributed by atoms with Crippen LogP contribution in [0, 0.1) is 0 Å². The van der Waals surface area contributed by atoms with E-state index in [9.17, 15) is 9.59 Å². The molecular weight excluding hydrogens is 278 g/mol. The van der Waals surface area contributed by atoms with E-state index < -0.39 is 5.54 Å². The van der Waals surface area contributed by atoms with Gasteiger partial charge < -0.3 is 16.0 Å². The first kappa shape index (κ1) is 19.2. The Hall–Kier alpha value is -0.810. The summed E-state index contributed by atoms with van der Waals surface area (Å²) in [6.07, 6.45) is 4.62. The Morgan fingerprint density at radius 2 is 1.80 bits per heavy atom. The Bertz CT molecular complexity index is 318. The average Bonchev–Trinajstić information content (AvgIpc) is 2.36. The van der Waals surface area contributed by atoms with Gasteiger partial charge in [-0.25, -0.2) is 0 Å². The minimum atomic E-state index is -0.685. The molecule has 1 saturated carbocycles. The molecule has 0 radical (unpaired) electrons. The molecule has 0 aliphatic heterocycles. The van der Waals surface area contributed by atoms with E-state index in [1.165, 1.54) is 6.92 Å². The van der Waals surface area contributed by atoms with Gasteiger partial charge in [0.15, 0.2) is 0 Å². The highest BCUT2D eigenvalue weighted by Gasteiger charge is 2.39. The average molecular weight is 306 g/mol. The van der Waals surface area contributed by atoms with Crippen LogP contribution < -0.4 is 16.0 Å². The minimum Gasteiger partial charge on any atom is -0.353 e. The summed E-state index contributed by atoms with van der Waals surface area (Å²) in [5.74, 6) is -0.163. The highest BCUT2D eigenvalue weighted by molar-refractivity contribution is 5.91. The maximum atomic E-state index is 12.4. The Morgan fingerprint density at radius 3 is 2.30 bits per heavy atom. The second-order valence-electron chi connectivity index (χ2n) is 5.49. The fourth-order valence-corrected chi connectivity index (χ4v) is 2.74. The van der Waals surface area contributed by atoms with Gasteiger partial charge in [-0.1, -0.05) is 26.2 Å². The molecular formula is C14H28ClN3O2. The molecule has 1 aliphatic rings. The number of amides is 2. The Balaban J connectivity index is 0.00000361. The molecule has 1 rings (SSSR count). The fraction of sp³-hybridized carbons (Fsp3) is 0.857. The molecule has 0 saturated heterocycles. The van der Waals surface area contributed by atoms with Crippen molar-refractivity contribution in [2.45, 2.75) is 64.5 Å². The molecule has 0 unspecified atom stereocenters. The molecule has 3 N–H and O–H groups in total. The maximum absolute atomic E-state index is 12.4. The molecule has 0 aromatic heterocycles. The zero-order valence-electron chi connectivity index (χ0n) is 12.8. The topological polar surface area (TPSA) is 70.2 Å². The number of carbonyl (C=O) groups is 2. The first-order valence-corrected chi connectivity index (χ1v) is 7.30. The zero-order chi connectivity index (χ0) is 14.3. The summed E-state index contributed by atoms with van der Waals surface area (Å²) in [6, 6.07) is 0.243. The highest BCUT2D eigenvalue weighted by Crippen LogP contribution is 2.28. The molecule has 0 spiro atoms. The Kier molecular flexibility index (Phi) is 8.81. The van der Waals surface area contributed by atoms with Gasteiger partial charge in [0, 0.05) is 19.5 Å². The van der Waals surface area contributed by atoms with Crippen molar-refractivity contribution < 1.29 is 9.59 Å². The van der Waals surface area contributed by atoms with Crippen LogP contribution in [0.1, 0.15) is 52.9 Å². The third-order valence-corrected chi connectivity index (χ3v) is 3.68. The first-order chi connectivity index (χ1) is 9.00. The molecule has 0 aromatic rings. The monoisotopic (exact) mass is 305 g/mol. The van der Waals surface area contributed by atoms with Crippen LogP contribution in [0.15, 0.2) is 0 Å². The first-order valence-electron chi connectivity index (χ1n) is 7.30. The lowest BCUT2D eigenvalue weighted by Gasteiger charge is -2.36. The van der Waals surface area contributed by atoms with Crippen LogP contribution in [0.25, 0.3) is 0 Å². The summed E-state index contributed by atoms with van der Waals surface area (Å²) < 4.78 is 0. The van der Waals surface area contributed by atoms with Crippen LogP contribution in [-0.4, -0.2) is 36.5 Å². The van der Waals surface area contributed by atoms with Crippen LogP contribution in [0.5, 0.6) is 0 Å². The van der Waals surface area contributed by atoms with Gasteiger partial charge in [0.2, 0.25) is 11.8 Å². The number of halogens is 1. The van der Waals surface area contributed by atoms with E-state index in [0.717, 1.165) is 38.6 Å². The van der Waals surface area contributed by atoms with Gasteiger partial charge in [-0.2, -0.15) is 0 Å². The van der Waals surface area contributed by atoms with E-state index in [0.29, 0.717) is 6.54 Å². The molecule has 1 fully saturated rings. The van der Waals surface area contributed by atoms with Gasteiger partial charge in [-0.3, -0.25) is 9.59 Å². The van der Waals surface area contributed by atoms with Crippen molar-refractivity contribution in [1.82, 2.24) is 16.0 Å². The van der Waals surface area contributed by atoms with E-state index in [4.69, 9.17) is 0 Å². The zero-order valence-corrected chi connectivity index (χ0v) is 13.6. The minimum absolute atomic E-state index is 0. The number of nitrogens with one attached hydrogen (secondary N) is 3. The highest BCUT2D eigenvalue weighted by atomic mass is 35.5. The number of hydrogen-bond acceptors (Lipinski definition) is 3. The molecule has 5 nitrogen and oxygen atoms in total. The van der Waals surface area contributed by atoms with Crippen LogP contribution in [0.4, 0.5) is 0 Å². The molecule has 6 heteroatoms. The summed E-state index contributed by atoms with van der Waals surface area (Å²) >= 11 is 0. The van der Waals surface area contributed by atoms with Crippen molar-refractivity contribution in [3.8, 4) is 0 Å². The van der Waals surface area contributed by atoms with Gasteiger partial charge in [0.1, 0.15) is 5.54 Å². The largest absolute Gasteiger partial charge is 0.353 e. The quantitative estimate of drug-likeness (QED) is 0.694. The number of hydrogen-bond donors (Lipinski definition) is 3. The van der Waals surface area contributed by atoms with Crippen molar-refractivity contribution in [1.29, 1.82) is 0 Å². The fourth-order valence-electron chi connectivity index (χ4n) is 2.74. The summed E-state index contributed by atoms with van der Waals surface area (Å²) in [5.41, 5.74) is -0.685. The van der Waals surface area contributed by atoms with E-state index in [1.54, 1.807) is 0 Å². The van der Waals surface area contributed by atoms with Crippen molar-refractivity contribution in [3.63, 3.8) is 0 Å². The van der Waals surface area contributed by atoms with Crippen molar-refractivity contribution in [3.05, 3.63) is 0 Å². The van der Waals surface area contributed by atoms with E-state index in [-0.39, 0.29) is 30.3 Å². The Morgan fingerprint density at radius 1 is 1.20 bits per heavy atom. The smallest absolute Gasteiger partial charge is 0.245 e. The van der Waals surface area contributed by atoms with Crippen LogP contribution >= 0.6 is 12.4 Å². The van der Waals surface area contributed by atoms with Crippen LogP contribution in [0.2, 0.25) is 0 Å². The third kappa shape index (κ3) is 5.67. The number of carbonyl (C=O) groups excluding carboxylic acids is 2. The van der Waals surface area contributed by atoms with Gasteiger partial charge in [-0.15, -0.1) is 12.4 Å². The lowest BCUT2D eigenvalue weighted by Crippen LogP contribution is -2.60. The van der Waals surface area contributed by atoms with E-state index >= 15 is 0 Å². The summed E-state index contributed by atoms with van der Waals surface area (Å²) in [5, 5.41) is 9.10. The number of rotatable bonds is 6. The van der Waals surface area contributed by atoms with Crippen molar-refractivity contribution >= 4 is 24.2 Å².